The van der Waals surface area contributed by atoms with Crippen LogP contribution in [0.25, 0.3) is 0 Å². The van der Waals surface area contributed by atoms with E-state index < -0.39 is 0 Å². The van der Waals surface area contributed by atoms with Crippen LogP contribution in [0.1, 0.15) is 17.8 Å². The third-order valence-electron chi connectivity index (χ3n) is 2.11. The Hall–Kier alpha value is 0.0700. The first-order valence-electron chi connectivity index (χ1n) is 4.18. The molecule has 2 heterocycles. The molecule has 1 aliphatic heterocycles. The van der Waals surface area contributed by atoms with Crippen molar-refractivity contribution < 1.29 is 0 Å². The van der Waals surface area contributed by atoms with Gasteiger partial charge < -0.3 is 5.32 Å². The Kier molecular flexibility index (Phi) is 2.78. The van der Waals surface area contributed by atoms with Gasteiger partial charge in [-0.3, -0.25) is 0 Å². The molecule has 0 aromatic carbocycles. The van der Waals surface area contributed by atoms with E-state index in [-0.39, 0.29) is 0 Å². The number of halogens is 1. The Balaban J connectivity index is 1.94. The number of thiazole rings is 1. The average molecular weight is 247 g/mol. The fraction of sp³-hybridized carbons (Fsp3) is 0.625. The summed E-state index contributed by atoms with van der Waals surface area (Å²) in [6.45, 7) is 1.18. The van der Waals surface area contributed by atoms with E-state index in [1.54, 1.807) is 11.3 Å². The molecular formula is C8H11BrN2S. The Labute approximate surface area is 84.5 Å². The summed E-state index contributed by atoms with van der Waals surface area (Å²) in [5.74, 6) is 0. The SMILES string of the molecule is Brc1csc(CC2CCCN2)n1. The van der Waals surface area contributed by atoms with Crippen LogP contribution in [0.3, 0.4) is 0 Å². The topological polar surface area (TPSA) is 24.9 Å². The number of nitrogens with one attached hydrogen (secondary N) is 1. The van der Waals surface area contributed by atoms with E-state index in [9.17, 15) is 0 Å². The van der Waals surface area contributed by atoms with E-state index in [2.05, 4.69) is 26.2 Å². The molecule has 1 unspecified atom stereocenters. The van der Waals surface area contributed by atoms with Gasteiger partial charge in [0.2, 0.25) is 0 Å². The van der Waals surface area contributed by atoms with Crippen LogP contribution in [-0.4, -0.2) is 17.6 Å². The van der Waals surface area contributed by atoms with Crippen molar-refractivity contribution in [2.75, 3.05) is 6.54 Å². The van der Waals surface area contributed by atoms with Gasteiger partial charge in [-0.1, -0.05) is 0 Å². The number of aromatic nitrogens is 1. The van der Waals surface area contributed by atoms with Gasteiger partial charge >= 0.3 is 0 Å². The van der Waals surface area contributed by atoms with E-state index in [0.717, 1.165) is 11.0 Å². The zero-order valence-corrected chi connectivity index (χ0v) is 9.12. The van der Waals surface area contributed by atoms with Gasteiger partial charge in [0.05, 0.1) is 5.01 Å². The van der Waals surface area contributed by atoms with Crippen molar-refractivity contribution in [1.82, 2.24) is 10.3 Å². The van der Waals surface area contributed by atoms with Crippen LogP contribution < -0.4 is 5.32 Å². The Morgan fingerprint density at radius 1 is 1.75 bits per heavy atom. The first kappa shape index (κ1) is 8.66. The van der Waals surface area contributed by atoms with Crippen LogP contribution >= 0.6 is 27.3 Å². The van der Waals surface area contributed by atoms with E-state index in [1.807, 2.05) is 5.38 Å². The van der Waals surface area contributed by atoms with Crippen molar-refractivity contribution in [3.63, 3.8) is 0 Å². The summed E-state index contributed by atoms with van der Waals surface area (Å²) in [7, 11) is 0. The third kappa shape index (κ3) is 2.06. The summed E-state index contributed by atoms with van der Waals surface area (Å²) >= 11 is 5.10. The summed E-state index contributed by atoms with van der Waals surface area (Å²) in [6.07, 6.45) is 3.71. The predicted octanol–water partition coefficient (Wildman–Crippen LogP) is 2.20. The van der Waals surface area contributed by atoms with E-state index in [4.69, 9.17) is 0 Å². The maximum absolute atomic E-state index is 4.37. The van der Waals surface area contributed by atoms with Gasteiger partial charge in [0.25, 0.3) is 0 Å². The summed E-state index contributed by atoms with van der Waals surface area (Å²) in [5.41, 5.74) is 0. The standard InChI is InChI=1S/C8H11BrN2S/c9-7-5-12-8(11-7)4-6-2-1-3-10-6/h5-6,10H,1-4H2. The van der Waals surface area contributed by atoms with E-state index in [0.29, 0.717) is 6.04 Å². The molecule has 1 N–H and O–H groups in total. The second-order valence-electron chi connectivity index (χ2n) is 3.06. The first-order chi connectivity index (χ1) is 5.84. The molecule has 1 atom stereocenters. The fourth-order valence-electron chi connectivity index (χ4n) is 1.52. The highest BCUT2D eigenvalue weighted by Crippen LogP contribution is 2.18. The summed E-state index contributed by atoms with van der Waals surface area (Å²) in [5, 5.41) is 6.75. The molecule has 0 spiro atoms. The molecule has 1 aromatic heterocycles. The van der Waals surface area contributed by atoms with Gasteiger partial charge in [-0.25, -0.2) is 4.98 Å². The molecule has 4 heteroatoms. The van der Waals surface area contributed by atoms with Gasteiger partial charge in [-0.15, -0.1) is 11.3 Å². The van der Waals surface area contributed by atoms with Crippen molar-refractivity contribution >= 4 is 27.3 Å². The Morgan fingerprint density at radius 3 is 3.25 bits per heavy atom. The zero-order chi connectivity index (χ0) is 8.39. The summed E-state index contributed by atoms with van der Waals surface area (Å²) < 4.78 is 0.973. The number of hydrogen-bond donors (Lipinski definition) is 1. The van der Waals surface area contributed by atoms with E-state index >= 15 is 0 Å². The quantitative estimate of drug-likeness (QED) is 0.866. The van der Waals surface area contributed by atoms with E-state index in [1.165, 1.54) is 24.4 Å². The van der Waals surface area contributed by atoms with Gasteiger partial charge in [0.15, 0.2) is 0 Å². The van der Waals surface area contributed by atoms with Gasteiger partial charge in [0.1, 0.15) is 4.60 Å². The average Bonchev–Trinajstić information content (AvgIpc) is 2.63. The molecule has 1 aromatic rings. The van der Waals surface area contributed by atoms with Crippen molar-refractivity contribution in [1.29, 1.82) is 0 Å². The van der Waals surface area contributed by atoms with Crippen LogP contribution in [0, 0.1) is 0 Å². The van der Waals surface area contributed by atoms with Crippen LogP contribution in [0.5, 0.6) is 0 Å². The zero-order valence-electron chi connectivity index (χ0n) is 6.72. The number of nitrogens with zero attached hydrogens (tertiary/aromatic N) is 1. The lowest BCUT2D eigenvalue weighted by atomic mass is 10.2. The maximum atomic E-state index is 4.37. The normalized spacial score (nSPS) is 23.2. The Morgan fingerprint density at radius 2 is 2.67 bits per heavy atom. The van der Waals surface area contributed by atoms with Gasteiger partial charge in [-0.2, -0.15) is 0 Å². The molecule has 12 heavy (non-hydrogen) atoms. The first-order valence-corrected chi connectivity index (χ1v) is 5.85. The minimum absolute atomic E-state index is 0.669. The lowest BCUT2D eigenvalue weighted by Crippen LogP contribution is -2.23. The van der Waals surface area contributed by atoms with Gasteiger partial charge in [-0.05, 0) is 35.3 Å². The van der Waals surface area contributed by atoms with Gasteiger partial charge in [0, 0.05) is 17.8 Å². The number of hydrogen-bond acceptors (Lipinski definition) is 3. The number of rotatable bonds is 2. The second-order valence-corrected chi connectivity index (χ2v) is 4.82. The molecule has 0 radical (unpaired) electrons. The second kappa shape index (κ2) is 3.85. The molecule has 0 aliphatic carbocycles. The largest absolute Gasteiger partial charge is 0.314 e. The highest BCUT2D eigenvalue weighted by atomic mass is 79.9. The minimum Gasteiger partial charge on any atom is -0.314 e. The maximum Gasteiger partial charge on any atom is 0.117 e. The molecule has 0 saturated carbocycles. The molecular weight excluding hydrogens is 236 g/mol. The molecule has 0 bridgehead atoms. The molecule has 2 nitrogen and oxygen atoms in total. The molecule has 0 amide bonds. The summed E-state index contributed by atoms with van der Waals surface area (Å²) in [4.78, 5) is 4.37. The van der Waals surface area contributed by atoms with Crippen molar-refractivity contribution in [3.05, 3.63) is 15.0 Å². The van der Waals surface area contributed by atoms with Crippen LogP contribution in [-0.2, 0) is 6.42 Å². The van der Waals surface area contributed by atoms with Crippen LogP contribution in [0.4, 0.5) is 0 Å². The van der Waals surface area contributed by atoms with Crippen molar-refractivity contribution in [3.8, 4) is 0 Å². The van der Waals surface area contributed by atoms with Crippen molar-refractivity contribution in [2.45, 2.75) is 25.3 Å². The van der Waals surface area contributed by atoms with Crippen LogP contribution in [0.2, 0.25) is 0 Å². The molecule has 1 fully saturated rings. The molecule has 1 saturated heterocycles. The predicted molar refractivity (Wildman–Crippen MR) is 54.5 cm³/mol. The molecule has 66 valence electrons. The van der Waals surface area contributed by atoms with Crippen LogP contribution in [0.15, 0.2) is 9.98 Å². The Bertz CT molecular complexity index is 255. The lowest BCUT2D eigenvalue weighted by Gasteiger charge is -2.05. The molecule has 1 aliphatic rings. The molecule has 2 rings (SSSR count). The highest BCUT2D eigenvalue weighted by molar-refractivity contribution is 9.10. The third-order valence-corrected chi connectivity index (χ3v) is 3.69. The summed E-state index contributed by atoms with van der Waals surface area (Å²) in [6, 6.07) is 0.669. The lowest BCUT2D eigenvalue weighted by molar-refractivity contribution is 0.601. The van der Waals surface area contributed by atoms with Crippen molar-refractivity contribution in [2.24, 2.45) is 0 Å². The minimum atomic E-state index is 0.669. The highest BCUT2D eigenvalue weighted by Gasteiger charge is 2.15. The fourth-order valence-corrected chi connectivity index (χ4v) is 2.87. The monoisotopic (exact) mass is 246 g/mol. The smallest absolute Gasteiger partial charge is 0.117 e.